The lowest BCUT2D eigenvalue weighted by atomic mass is 10.1. The van der Waals surface area contributed by atoms with Crippen molar-refractivity contribution in [3.63, 3.8) is 0 Å². The maximum Gasteiger partial charge on any atom is 0.472 e. The summed E-state index contributed by atoms with van der Waals surface area (Å²) in [6.07, 6.45) is -8.46. The molecule has 25 heteroatoms. The largest absolute Gasteiger partial charge is 0.780 e. The molecule has 0 amide bonds. The second kappa shape index (κ2) is 11.1. The predicted octanol–water partition coefficient (Wildman–Crippen LogP) is -2.86. The first-order valence-electron chi connectivity index (χ1n) is 12.9. The van der Waals surface area contributed by atoms with E-state index in [1.807, 2.05) is 0 Å². The first-order chi connectivity index (χ1) is 21.3. The molecule has 3 aliphatic rings. The third-order valence-electron chi connectivity index (χ3n) is 7.31. The summed E-state index contributed by atoms with van der Waals surface area (Å²) in [6, 6.07) is 0. The molecule has 4 aromatic heterocycles. The van der Waals surface area contributed by atoms with Gasteiger partial charge in [0.05, 0.1) is 25.9 Å². The summed E-state index contributed by atoms with van der Waals surface area (Å²) in [7, 11) is -5.03. The minimum absolute atomic E-state index is 0.0536. The van der Waals surface area contributed by atoms with E-state index >= 15 is 0 Å². The SMILES string of the molecule is Nc1nc2c(ncn2[C@@H]2O[C@@H]3COP(=O)(O)O[C@@H]4C(COP([O-])(=S)O[C@@H]2[C@@H]3O)O[C@@H](n2cnc3c(N)ncnc32)[C@@H]4O)c(=O)[nH]1. The molecular weight excluding hydrogens is 666 g/mol. The molecule has 10 atom stereocenters. The van der Waals surface area contributed by atoms with Crippen molar-refractivity contribution in [2.75, 3.05) is 24.7 Å². The highest BCUT2D eigenvalue weighted by Gasteiger charge is 2.52. The monoisotopic (exact) mass is 689 g/mol. The van der Waals surface area contributed by atoms with Gasteiger partial charge in [0.2, 0.25) is 5.95 Å². The molecule has 8 N–H and O–H groups in total. The Morgan fingerprint density at radius 3 is 2.40 bits per heavy atom. The van der Waals surface area contributed by atoms with E-state index < -0.39 is 82.4 Å². The maximum atomic E-state index is 13.4. The number of aromatic nitrogens is 8. The number of nitrogen functional groups attached to an aromatic ring is 2. The lowest BCUT2D eigenvalue weighted by Gasteiger charge is -2.34. The third kappa shape index (κ3) is 5.44. The van der Waals surface area contributed by atoms with Crippen molar-refractivity contribution in [2.45, 2.75) is 49.1 Å². The van der Waals surface area contributed by atoms with Gasteiger partial charge in [-0.3, -0.25) is 28.0 Å². The number of aliphatic hydroxyl groups is 2. The van der Waals surface area contributed by atoms with Crippen molar-refractivity contribution in [3.8, 4) is 0 Å². The van der Waals surface area contributed by atoms with E-state index in [0.717, 1.165) is 6.33 Å². The lowest BCUT2D eigenvalue weighted by molar-refractivity contribution is -0.218. The average molecular weight is 689 g/mol. The molecule has 3 unspecified atom stereocenters. The molecule has 2 bridgehead atoms. The van der Waals surface area contributed by atoms with Crippen LogP contribution in [0.15, 0.2) is 23.8 Å². The van der Waals surface area contributed by atoms with Crippen LogP contribution in [0.1, 0.15) is 12.5 Å². The van der Waals surface area contributed by atoms with Gasteiger partial charge >= 0.3 is 7.82 Å². The second-order valence-electron chi connectivity index (χ2n) is 10.1. The molecule has 0 radical (unpaired) electrons. The standard InChI is InChI=1S/C20H24N10O12P2S/c21-14-8-15(24-3-23-14)29(4-25-8)18-11(32)12-7(40-18)2-38-44(36,45)42-13-10(31)6(1-37-43(34,35)41-12)39-19(13)30-5-26-9-16(30)27-20(22)28-17(9)33/h3-7,10-13,18-19,31-32H,1-2H2,(H,34,35)(H,36,45)(H2,21,23,24)(H3,22,27,28,33)/p-1/t6-,7?,10-,11-,12-,13-,18-,19-,44?/m1/s1. The Morgan fingerprint density at radius 2 is 1.62 bits per heavy atom. The first kappa shape index (κ1) is 30.6. The highest BCUT2D eigenvalue weighted by Crippen LogP contribution is 2.52. The van der Waals surface area contributed by atoms with E-state index in [1.54, 1.807) is 0 Å². The number of aromatic amines is 1. The summed E-state index contributed by atoms with van der Waals surface area (Å²) < 4.78 is 48.7. The van der Waals surface area contributed by atoms with E-state index in [4.69, 9.17) is 50.8 Å². The molecule has 0 aromatic carbocycles. The van der Waals surface area contributed by atoms with E-state index in [9.17, 15) is 29.4 Å². The number of phosphoric acid groups is 1. The number of anilines is 2. The highest BCUT2D eigenvalue weighted by atomic mass is 32.5. The third-order valence-corrected chi connectivity index (χ3v) is 9.84. The number of H-pyrrole nitrogens is 1. The number of nitrogens with two attached hydrogens (primary N) is 2. The topological polar surface area (TPSA) is 315 Å². The molecule has 22 nitrogen and oxygen atoms in total. The summed E-state index contributed by atoms with van der Waals surface area (Å²) in [5, 5.41) is 22.2. The van der Waals surface area contributed by atoms with Gasteiger partial charge < -0.3 is 50.0 Å². The number of rotatable bonds is 2. The van der Waals surface area contributed by atoms with Crippen LogP contribution in [0, 0.1) is 0 Å². The van der Waals surface area contributed by atoms with Crippen LogP contribution in [0.4, 0.5) is 11.8 Å². The Hall–Kier alpha value is -3.02. The number of imidazole rings is 2. The van der Waals surface area contributed by atoms with E-state index in [2.05, 4.69) is 29.9 Å². The van der Waals surface area contributed by atoms with Crippen molar-refractivity contribution in [1.29, 1.82) is 0 Å². The molecule has 0 aliphatic carbocycles. The Bertz CT molecular complexity index is 1940. The van der Waals surface area contributed by atoms with Gasteiger partial charge in [-0.2, -0.15) is 4.98 Å². The van der Waals surface area contributed by atoms with Crippen molar-refractivity contribution < 1.29 is 52.1 Å². The number of fused-ring (bicyclic) bond motifs is 5. The smallest absolute Gasteiger partial charge is 0.472 e. The van der Waals surface area contributed by atoms with E-state index in [1.165, 1.54) is 21.8 Å². The fourth-order valence-corrected chi connectivity index (χ4v) is 7.65. The molecule has 45 heavy (non-hydrogen) atoms. The van der Waals surface area contributed by atoms with Crippen LogP contribution >= 0.6 is 14.5 Å². The van der Waals surface area contributed by atoms with Crippen molar-refractivity contribution in [3.05, 3.63) is 29.3 Å². The zero-order chi connectivity index (χ0) is 31.8. The number of ether oxygens (including phenoxy) is 2. The Kier molecular flexibility index (Phi) is 7.52. The minimum atomic E-state index is -5.03. The minimum Gasteiger partial charge on any atom is -0.780 e. The number of hydrogen-bond acceptors (Lipinski definition) is 19. The fourth-order valence-electron chi connectivity index (χ4n) is 5.29. The summed E-state index contributed by atoms with van der Waals surface area (Å²) in [5.41, 5.74) is 11.0. The number of hydrogen-bond donors (Lipinski definition) is 6. The fraction of sp³-hybridized carbons (Fsp3) is 0.500. The number of nitrogens with one attached hydrogen (secondary N) is 1. The van der Waals surface area contributed by atoms with Gasteiger partial charge in [-0.1, -0.05) is 11.8 Å². The number of aliphatic hydroxyl groups excluding tert-OH is 2. The number of phosphoric ester groups is 1. The predicted molar refractivity (Wildman–Crippen MR) is 148 cm³/mol. The van der Waals surface area contributed by atoms with Crippen LogP contribution in [-0.2, 0) is 43.9 Å². The Balaban J connectivity index is 1.21. The van der Waals surface area contributed by atoms with Crippen molar-refractivity contribution >= 4 is 60.4 Å². The van der Waals surface area contributed by atoms with Gasteiger partial charge in [0.25, 0.3) is 5.56 Å². The summed E-state index contributed by atoms with van der Waals surface area (Å²) in [4.78, 5) is 58.8. The average Bonchev–Trinajstić information content (AvgIpc) is 3.72. The van der Waals surface area contributed by atoms with Crippen LogP contribution in [0.5, 0.6) is 0 Å². The van der Waals surface area contributed by atoms with E-state index in [-0.39, 0.29) is 34.1 Å². The van der Waals surface area contributed by atoms with Gasteiger partial charge in [-0.25, -0.2) is 24.5 Å². The normalized spacial score (nSPS) is 37.7. The van der Waals surface area contributed by atoms with Crippen LogP contribution < -0.4 is 21.9 Å². The van der Waals surface area contributed by atoms with Gasteiger partial charge in [0.15, 0.2) is 35.1 Å². The Labute approximate surface area is 254 Å². The number of nitrogens with zero attached hydrogens (tertiary/aromatic N) is 7. The molecule has 0 spiro atoms. The lowest BCUT2D eigenvalue weighted by Crippen LogP contribution is -2.37. The highest BCUT2D eigenvalue weighted by molar-refractivity contribution is 8.06. The van der Waals surface area contributed by atoms with E-state index in [0.29, 0.717) is 0 Å². The van der Waals surface area contributed by atoms with Crippen LogP contribution in [0.3, 0.4) is 0 Å². The van der Waals surface area contributed by atoms with Gasteiger partial charge in [0, 0.05) is 0 Å². The van der Waals surface area contributed by atoms with Crippen molar-refractivity contribution in [2.24, 2.45) is 0 Å². The van der Waals surface area contributed by atoms with Gasteiger partial charge in [0.1, 0.15) is 55.2 Å². The molecular formula is C20H23N10O12P2S-. The molecule has 0 saturated carbocycles. The summed E-state index contributed by atoms with van der Waals surface area (Å²) >= 11 is 5.10. The van der Waals surface area contributed by atoms with Crippen LogP contribution in [0.25, 0.3) is 22.3 Å². The first-order valence-corrected chi connectivity index (χ1v) is 17.0. The molecule has 3 saturated heterocycles. The Morgan fingerprint density at radius 1 is 0.933 bits per heavy atom. The van der Waals surface area contributed by atoms with Crippen LogP contribution in [-0.4, -0.2) is 104 Å². The van der Waals surface area contributed by atoms with Gasteiger partial charge in [-0.15, -0.1) is 0 Å². The quantitative estimate of drug-likeness (QED) is 0.115. The van der Waals surface area contributed by atoms with Crippen molar-refractivity contribution in [1.82, 2.24) is 39.0 Å². The molecule has 7 heterocycles. The second-order valence-corrected chi connectivity index (χ2v) is 14.2. The molecule has 4 aromatic rings. The summed E-state index contributed by atoms with van der Waals surface area (Å²) in [6.45, 7) is -5.99. The van der Waals surface area contributed by atoms with Crippen LogP contribution in [0.2, 0.25) is 0 Å². The zero-order valence-corrected chi connectivity index (χ0v) is 25.0. The van der Waals surface area contributed by atoms with Gasteiger partial charge in [-0.05, 0) is 0 Å². The zero-order valence-electron chi connectivity index (χ0n) is 22.4. The molecule has 7 rings (SSSR count). The molecule has 3 aliphatic heterocycles. The molecule has 242 valence electrons. The maximum absolute atomic E-state index is 13.4. The molecule has 3 fully saturated rings. The summed E-state index contributed by atoms with van der Waals surface area (Å²) in [5.74, 6) is -0.202.